The van der Waals surface area contributed by atoms with Gasteiger partial charge in [-0.2, -0.15) is 8.78 Å². The number of halogens is 2. The summed E-state index contributed by atoms with van der Waals surface area (Å²) in [5.74, 6) is -6.54. The van der Waals surface area contributed by atoms with E-state index in [-0.39, 0.29) is 6.61 Å². The van der Waals surface area contributed by atoms with E-state index >= 15 is 0 Å². The van der Waals surface area contributed by atoms with E-state index in [0.717, 1.165) is 7.11 Å². The van der Waals surface area contributed by atoms with Gasteiger partial charge < -0.3 is 9.47 Å². The van der Waals surface area contributed by atoms with Gasteiger partial charge in [0.1, 0.15) is 0 Å². The van der Waals surface area contributed by atoms with Gasteiger partial charge in [-0.05, 0) is 5.56 Å². The third kappa shape index (κ3) is 3.84. The zero-order valence-electron chi connectivity index (χ0n) is 11.3. The normalized spacial score (nSPS) is 12.8. The van der Waals surface area contributed by atoms with Crippen LogP contribution in [0.1, 0.15) is 18.9 Å². The highest BCUT2D eigenvalue weighted by Crippen LogP contribution is 2.26. The van der Waals surface area contributed by atoms with E-state index in [1.807, 2.05) is 0 Å². The van der Waals surface area contributed by atoms with Gasteiger partial charge in [0.25, 0.3) is 0 Å². The number of carbonyl (C=O) groups is 2. The van der Waals surface area contributed by atoms with E-state index in [9.17, 15) is 18.4 Å². The van der Waals surface area contributed by atoms with Crippen LogP contribution in [0.2, 0.25) is 0 Å². The van der Waals surface area contributed by atoms with Crippen molar-refractivity contribution in [2.45, 2.75) is 32.0 Å². The highest BCUT2D eigenvalue weighted by Gasteiger charge is 2.51. The lowest BCUT2D eigenvalue weighted by molar-refractivity contribution is -0.191. The maximum atomic E-state index is 13.8. The molecule has 0 bridgehead atoms. The fourth-order valence-corrected chi connectivity index (χ4v) is 1.56. The Hall–Kier alpha value is -1.82. The zero-order chi connectivity index (χ0) is 15.2. The molecule has 0 N–H and O–H groups in total. The average Bonchev–Trinajstić information content (AvgIpc) is 2.46. The second kappa shape index (κ2) is 7.09. The van der Waals surface area contributed by atoms with Crippen LogP contribution < -0.4 is 0 Å². The molecule has 1 aromatic rings. The van der Waals surface area contributed by atoms with Gasteiger partial charge in [-0.25, -0.2) is 4.79 Å². The molecule has 20 heavy (non-hydrogen) atoms. The van der Waals surface area contributed by atoms with Crippen molar-refractivity contribution in [1.29, 1.82) is 0 Å². The molecule has 6 heteroatoms. The number of esters is 1. The first kappa shape index (κ1) is 16.2. The van der Waals surface area contributed by atoms with E-state index in [2.05, 4.69) is 4.74 Å². The predicted octanol–water partition coefficient (Wildman–Crippen LogP) is 2.36. The molecule has 0 spiro atoms. The monoisotopic (exact) mass is 286 g/mol. The summed E-state index contributed by atoms with van der Waals surface area (Å²) >= 11 is 0. The van der Waals surface area contributed by atoms with Gasteiger partial charge in [0.15, 0.2) is 0 Å². The van der Waals surface area contributed by atoms with Crippen molar-refractivity contribution in [3.05, 3.63) is 35.9 Å². The van der Waals surface area contributed by atoms with Crippen LogP contribution in [0.5, 0.6) is 0 Å². The minimum Gasteiger partial charge on any atom is -0.467 e. The molecule has 1 aromatic carbocycles. The summed E-state index contributed by atoms with van der Waals surface area (Å²) in [6.45, 7) is 1.08. The third-order valence-electron chi connectivity index (χ3n) is 2.70. The SMILES string of the molecule is CCC(=O)C(F)(F)C(OCc1ccccc1)C(=O)OC. The minimum absolute atomic E-state index is 0.215. The lowest BCUT2D eigenvalue weighted by Crippen LogP contribution is -2.48. The molecule has 0 aliphatic rings. The van der Waals surface area contributed by atoms with Crippen LogP contribution in [-0.4, -0.2) is 30.9 Å². The maximum absolute atomic E-state index is 13.8. The average molecular weight is 286 g/mol. The van der Waals surface area contributed by atoms with Crippen molar-refractivity contribution in [3.63, 3.8) is 0 Å². The van der Waals surface area contributed by atoms with Crippen molar-refractivity contribution in [1.82, 2.24) is 0 Å². The second-order valence-corrected chi connectivity index (χ2v) is 4.10. The fourth-order valence-electron chi connectivity index (χ4n) is 1.56. The Balaban J connectivity index is 2.85. The molecule has 0 saturated heterocycles. The van der Waals surface area contributed by atoms with E-state index in [1.54, 1.807) is 30.3 Å². The Morgan fingerprint density at radius 2 is 1.85 bits per heavy atom. The fraction of sp³-hybridized carbons (Fsp3) is 0.429. The van der Waals surface area contributed by atoms with Crippen LogP contribution in [0, 0.1) is 0 Å². The van der Waals surface area contributed by atoms with Crippen molar-refractivity contribution in [2.24, 2.45) is 0 Å². The second-order valence-electron chi connectivity index (χ2n) is 4.10. The molecule has 0 aliphatic carbocycles. The van der Waals surface area contributed by atoms with E-state index in [1.165, 1.54) is 6.92 Å². The largest absolute Gasteiger partial charge is 0.467 e. The highest BCUT2D eigenvalue weighted by molar-refractivity contribution is 5.92. The number of methoxy groups -OCH3 is 1. The molecule has 0 fully saturated rings. The number of carbonyl (C=O) groups excluding carboxylic acids is 2. The van der Waals surface area contributed by atoms with E-state index in [4.69, 9.17) is 4.74 Å². The molecular weight excluding hydrogens is 270 g/mol. The van der Waals surface area contributed by atoms with Crippen molar-refractivity contribution >= 4 is 11.8 Å². The Bertz CT molecular complexity index is 460. The number of alkyl halides is 2. The standard InChI is InChI=1S/C14H16F2O4/c1-3-11(17)14(15,16)12(13(18)19-2)20-9-10-7-5-4-6-8-10/h4-8,12H,3,9H2,1-2H3. The van der Waals surface area contributed by atoms with Crippen LogP contribution >= 0.6 is 0 Å². The van der Waals surface area contributed by atoms with Crippen LogP contribution in [0.4, 0.5) is 8.78 Å². The first-order valence-electron chi connectivity index (χ1n) is 6.08. The molecule has 0 amide bonds. The number of benzene rings is 1. The molecule has 1 unspecified atom stereocenters. The van der Waals surface area contributed by atoms with Crippen molar-refractivity contribution < 1.29 is 27.8 Å². The smallest absolute Gasteiger partial charge is 0.341 e. The Labute approximate surface area is 115 Å². The number of hydrogen-bond acceptors (Lipinski definition) is 4. The molecule has 0 heterocycles. The minimum atomic E-state index is -3.91. The van der Waals surface area contributed by atoms with Crippen LogP contribution in [0.15, 0.2) is 30.3 Å². The van der Waals surface area contributed by atoms with Crippen LogP contribution in [0.3, 0.4) is 0 Å². The molecule has 4 nitrogen and oxygen atoms in total. The molecule has 1 rings (SSSR count). The molecular formula is C14H16F2O4. The van der Waals surface area contributed by atoms with Gasteiger partial charge in [0.2, 0.25) is 11.9 Å². The van der Waals surface area contributed by atoms with E-state index in [0.29, 0.717) is 5.56 Å². The molecule has 0 saturated carbocycles. The quantitative estimate of drug-likeness (QED) is 0.722. The Kier molecular flexibility index (Phi) is 5.76. The summed E-state index contributed by atoms with van der Waals surface area (Å²) in [6, 6.07) is 8.50. The lowest BCUT2D eigenvalue weighted by atomic mass is 10.1. The summed E-state index contributed by atoms with van der Waals surface area (Å²) in [5, 5.41) is 0. The molecule has 1 atom stereocenters. The topological polar surface area (TPSA) is 52.6 Å². The zero-order valence-corrected chi connectivity index (χ0v) is 11.3. The highest BCUT2D eigenvalue weighted by atomic mass is 19.3. The predicted molar refractivity (Wildman–Crippen MR) is 67.3 cm³/mol. The van der Waals surface area contributed by atoms with Crippen molar-refractivity contribution in [2.75, 3.05) is 7.11 Å². The maximum Gasteiger partial charge on any atom is 0.341 e. The first-order valence-corrected chi connectivity index (χ1v) is 6.08. The number of rotatable bonds is 7. The Morgan fingerprint density at radius 1 is 1.25 bits per heavy atom. The van der Waals surface area contributed by atoms with Gasteiger partial charge >= 0.3 is 11.9 Å². The summed E-state index contributed by atoms with van der Waals surface area (Å²) in [5.41, 5.74) is 0.612. The summed E-state index contributed by atoms with van der Waals surface area (Å²) in [4.78, 5) is 22.7. The van der Waals surface area contributed by atoms with Crippen molar-refractivity contribution in [3.8, 4) is 0 Å². The number of ether oxygens (including phenoxy) is 2. The first-order chi connectivity index (χ1) is 9.43. The Morgan fingerprint density at radius 3 is 2.35 bits per heavy atom. The number of Topliss-reactive ketones (excluding diaryl/α,β-unsaturated/α-hetero) is 1. The summed E-state index contributed by atoms with van der Waals surface area (Å²) < 4.78 is 36.9. The molecule has 0 aromatic heterocycles. The number of ketones is 1. The van der Waals surface area contributed by atoms with Crippen LogP contribution in [0.25, 0.3) is 0 Å². The van der Waals surface area contributed by atoms with Gasteiger partial charge in [-0.15, -0.1) is 0 Å². The molecule has 0 radical (unpaired) electrons. The molecule has 110 valence electrons. The summed E-state index contributed by atoms with van der Waals surface area (Å²) in [7, 11) is 0.966. The van der Waals surface area contributed by atoms with Gasteiger partial charge in [0, 0.05) is 6.42 Å². The number of hydrogen-bond donors (Lipinski definition) is 0. The van der Waals surface area contributed by atoms with Gasteiger partial charge in [0.05, 0.1) is 13.7 Å². The molecule has 0 aliphatic heterocycles. The lowest BCUT2D eigenvalue weighted by Gasteiger charge is -2.23. The van der Waals surface area contributed by atoms with Gasteiger partial charge in [-0.3, -0.25) is 4.79 Å². The third-order valence-corrected chi connectivity index (χ3v) is 2.70. The van der Waals surface area contributed by atoms with Crippen LogP contribution in [-0.2, 0) is 25.7 Å². The van der Waals surface area contributed by atoms with Gasteiger partial charge in [-0.1, -0.05) is 37.3 Å². The summed E-state index contributed by atoms with van der Waals surface area (Å²) in [6.07, 6.45) is -2.63. The van der Waals surface area contributed by atoms with E-state index < -0.39 is 30.2 Å².